The largest absolute Gasteiger partial charge is 0.493 e. The molecule has 0 saturated carbocycles. The number of aryl methyl sites for hydroxylation is 1. The monoisotopic (exact) mass is 470 g/mol. The van der Waals surface area contributed by atoms with Crippen LogP contribution in [0.25, 0.3) is 6.08 Å². The summed E-state index contributed by atoms with van der Waals surface area (Å²) >= 11 is 0. The number of rotatable bonds is 9. The molecule has 3 rings (SSSR count). The third-order valence-corrected chi connectivity index (χ3v) is 5.60. The molecule has 0 spiro atoms. The predicted octanol–water partition coefficient (Wildman–Crippen LogP) is 6.30. The molecule has 0 bridgehead atoms. The smallest absolute Gasteiger partial charge is 0.266 e. The summed E-state index contributed by atoms with van der Waals surface area (Å²) in [6.07, 6.45) is 3.65. The zero-order valence-corrected chi connectivity index (χ0v) is 20.0. The van der Waals surface area contributed by atoms with Crippen molar-refractivity contribution in [2.24, 2.45) is 0 Å². The SMILES string of the molecule is C=CCc1cc(/C=C(\C#N)C(=O)Nc2cccc(C)c2C)cc(OC)c1OCc1ccccc1F. The van der Waals surface area contributed by atoms with Crippen LogP contribution in [0.1, 0.15) is 27.8 Å². The van der Waals surface area contributed by atoms with E-state index in [1.807, 2.05) is 32.0 Å². The second-order valence-electron chi connectivity index (χ2n) is 7.96. The van der Waals surface area contributed by atoms with E-state index in [1.54, 1.807) is 42.5 Å². The molecule has 5 nitrogen and oxygen atoms in total. The van der Waals surface area contributed by atoms with Gasteiger partial charge in [-0.2, -0.15) is 5.26 Å². The van der Waals surface area contributed by atoms with E-state index in [4.69, 9.17) is 9.47 Å². The zero-order valence-electron chi connectivity index (χ0n) is 20.0. The van der Waals surface area contributed by atoms with Gasteiger partial charge in [-0.15, -0.1) is 6.58 Å². The maximum absolute atomic E-state index is 14.0. The third kappa shape index (κ3) is 6.15. The Kier molecular flexibility index (Phi) is 8.42. The summed E-state index contributed by atoms with van der Waals surface area (Å²) in [6.45, 7) is 7.68. The normalized spacial score (nSPS) is 10.9. The van der Waals surface area contributed by atoms with E-state index in [2.05, 4.69) is 11.9 Å². The molecule has 178 valence electrons. The molecule has 3 aromatic carbocycles. The van der Waals surface area contributed by atoms with Crippen LogP contribution in [0.3, 0.4) is 0 Å². The first kappa shape index (κ1) is 25.3. The first-order valence-corrected chi connectivity index (χ1v) is 11.0. The Morgan fingerprint density at radius 1 is 1.14 bits per heavy atom. The van der Waals surface area contributed by atoms with Crippen LogP contribution < -0.4 is 14.8 Å². The second-order valence-corrected chi connectivity index (χ2v) is 7.96. The van der Waals surface area contributed by atoms with Gasteiger partial charge in [0.1, 0.15) is 24.1 Å². The highest BCUT2D eigenvalue weighted by Gasteiger charge is 2.16. The van der Waals surface area contributed by atoms with Gasteiger partial charge in [-0.25, -0.2) is 4.39 Å². The maximum atomic E-state index is 14.0. The first-order valence-electron chi connectivity index (χ1n) is 11.0. The number of amides is 1. The van der Waals surface area contributed by atoms with Gasteiger partial charge >= 0.3 is 0 Å². The van der Waals surface area contributed by atoms with E-state index < -0.39 is 5.91 Å². The molecular formula is C29H27FN2O3. The van der Waals surface area contributed by atoms with Crippen LogP contribution in [0.15, 0.2) is 72.8 Å². The van der Waals surface area contributed by atoms with Gasteiger partial charge in [0.15, 0.2) is 11.5 Å². The molecular weight excluding hydrogens is 443 g/mol. The Bertz CT molecular complexity index is 1320. The van der Waals surface area contributed by atoms with Crippen LogP contribution in [0.4, 0.5) is 10.1 Å². The highest BCUT2D eigenvalue weighted by molar-refractivity contribution is 6.10. The summed E-state index contributed by atoms with van der Waals surface area (Å²) in [5, 5.41) is 12.5. The van der Waals surface area contributed by atoms with Crippen molar-refractivity contribution in [3.8, 4) is 17.6 Å². The molecule has 0 heterocycles. The highest BCUT2D eigenvalue weighted by atomic mass is 19.1. The Balaban J connectivity index is 1.93. The van der Waals surface area contributed by atoms with Gasteiger partial charge in [0, 0.05) is 16.8 Å². The van der Waals surface area contributed by atoms with Crippen LogP contribution in [0, 0.1) is 31.0 Å². The molecule has 0 aliphatic heterocycles. The number of carbonyl (C=O) groups excluding carboxylic acids is 1. The van der Waals surface area contributed by atoms with E-state index in [0.717, 1.165) is 16.7 Å². The van der Waals surface area contributed by atoms with Gasteiger partial charge in [-0.05, 0) is 67.3 Å². The van der Waals surface area contributed by atoms with E-state index >= 15 is 0 Å². The molecule has 0 radical (unpaired) electrons. The number of carbonyl (C=O) groups is 1. The molecule has 6 heteroatoms. The molecule has 0 aromatic heterocycles. The standard InChI is InChI=1S/C29H27FN2O3/c1-5-9-22-14-21(15-24(17-31)29(33)32-26-13-8-10-19(2)20(26)3)16-27(34-4)28(22)35-18-23-11-6-7-12-25(23)30/h5-8,10-16H,1,9,18H2,2-4H3,(H,32,33)/b24-15+. The highest BCUT2D eigenvalue weighted by Crippen LogP contribution is 2.35. The van der Waals surface area contributed by atoms with Gasteiger partial charge in [-0.3, -0.25) is 4.79 Å². The molecule has 1 amide bonds. The number of nitrogens with one attached hydrogen (secondary N) is 1. The van der Waals surface area contributed by atoms with Crippen LogP contribution in [0.5, 0.6) is 11.5 Å². The number of hydrogen-bond donors (Lipinski definition) is 1. The van der Waals surface area contributed by atoms with Crippen LogP contribution in [-0.4, -0.2) is 13.0 Å². The van der Waals surface area contributed by atoms with Crippen molar-refractivity contribution >= 4 is 17.7 Å². The minimum Gasteiger partial charge on any atom is -0.493 e. The van der Waals surface area contributed by atoms with Crippen molar-refractivity contribution in [2.45, 2.75) is 26.9 Å². The van der Waals surface area contributed by atoms with Crippen LogP contribution >= 0.6 is 0 Å². The minimum absolute atomic E-state index is 0.0179. The van der Waals surface area contributed by atoms with E-state index in [9.17, 15) is 14.4 Å². The summed E-state index contributed by atoms with van der Waals surface area (Å²) in [5.41, 5.74) is 4.30. The number of ether oxygens (including phenoxy) is 2. The number of halogens is 1. The predicted molar refractivity (Wildman–Crippen MR) is 136 cm³/mol. The fourth-order valence-electron chi connectivity index (χ4n) is 3.55. The lowest BCUT2D eigenvalue weighted by Crippen LogP contribution is -2.14. The lowest BCUT2D eigenvalue weighted by molar-refractivity contribution is -0.112. The Morgan fingerprint density at radius 2 is 1.91 bits per heavy atom. The second kappa shape index (κ2) is 11.7. The number of methoxy groups -OCH3 is 1. The van der Waals surface area contributed by atoms with Crippen molar-refractivity contribution < 1.29 is 18.7 Å². The average Bonchev–Trinajstić information content (AvgIpc) is 2.85. The summed E-state index contributed by atoms with van der Waals surface area (Å²) < 4.78 is 25.5. The van der Waals surface area contributed by atoms with Gasteiger partial charge in [0.05, 0.1) is 7.11 Å². The lowest BCUT2D eigenvalue weighted by Gasteiger charge is -2.16. The Morgan fingerprint density at radius 3 is 2.60 bits per heavy atom. The molecule has 0 unspecified atom stereocenters. The summed E-state index contributed by atoms with van der Waals surface area (Å²) in [5.74, 6) is -0.0135. The summed E-state index contributed by atoms with van der Waals surface area (Å²) in [6, 6.07) is 17.4. The molecule has 35 heavy (non-hydrogen) atoms. The van der Waals surface area contributed by atoms with E-state index in [1.165, 1.54) is 19.3 Å². The molecule has 0 atom stereocenters. The van der Waals surface area contributed by atoms with E-state index in [-0.39, 0.29) is 18.0 Å². The summed E-state index contributed by atoms with van der Waals surface area (Å²) in [4.78, 5) is 12.8. The van der Waals surface area contributed by atoms with Gasteiger partial charge < -0.3 is 14.8 Å². The Labute approximate surface area is 205 Å². The van der Waals surface area contributed by atoms with Gasteiger partial charge in [0.2, 0.25) is 0 Å². The number of hydrogen-bond acceptors (Lipinski definition) is 4. The van der Waals surface area contributed by atoms with Crippen LogP contribution in [-0.2, 0) is 17.8 Å². The summed E-state index contributed by atoms with van der Waals surface area (Å²) in [7, 11) is 1.49. The zero-order chi connectivity index (χ0) is 25.4. The number of benzene rings is 3. The third-order valence-electron chi connectivity index (χ3n) is 5.60. The van der Waals surface area contributed by atoms with Crippen molar-refractivity contribution in [3.63, 3.8) is 0 Å². The van der Waals surface area contributed by atoms with Crippen molar-refractivity contribution in [1.82, 2.24) is 0 Å². The maximum Gasteiger partial charge on any atom is 0.266 e. The van der Waals surface area contributed by atoms with Gasteiger partial charge in [0.25, 0.3) is 5.91 Å². The van der Waals surface area contributed by atoms with Crippen molar-refractivity contribution in [2.75, 3.05) is 12.4 Å². The number of anilines is 1. The van der Waals surface area contributed by atoms with Gasteiger partial charge in [-0.1, -0.05) is 36.4 Å². The topological polar surface area (TPSA) is 71.4 Å². The quantitative estimate of drug-likeness (QED) is 0.226. The molecule has 1 N–H and O–H groups in total. The Hall–Kier alpha value is -4.37. The van der Waals surface area contributed by atoms with Crippen LogP contribution in [0.2, 0.25) is 0 Å². The number of nitriles is 1. The molecule has 0 saturated heterocycles. The minimum atomic E-state index is -0.509. The van der Waals surface area contributed by atoms with Crippen molar-refractivity contribution in [1.29, 1.82) is 5.26 Å². The average molecular weight is 471 g/mol. The first-order chi connectivity index (χ1) is 16.9. The molecule has 0 aliphatic rings. The fraction of sp³-hybridized carbons (Fsp3) is 0.172. The van der Waals surface area contributed by atoms with Crippen molar-refractivity contribution in [3.05, 3.63) is 106 Å². The number of allylic oxidation sites excluding steroid dienone is 1. The molecule has 3 aromatic rings. The molecule has 0 fully saturated rings. The van der Waals surface area contributed by atoms with E-state index in [0.29, 0.717) is 34.7 Å². The lowest BCUT2D eigenvalue weighted by atomic mass is 10.0. The number of nitrogens with zero attached hydrogens (tertiary/aromatic N) is 1. The molecule has 0 aliphatic carbocycles. The fourth-order valence-corrected chi connectivity index (χ4v) is 3.55.